The van der Waals surface area contributed by atoms with E-state index in [0.29, 0.717) is 0 Å². The van der Waals surface area contributed by atoms with Crippen LogP contribution in [0.5, 0.6) is 0 Å². The van der Waals surface area contributed by atoms with E-state index in [4.69, 9.17) is 20.4 Å². The van der Waals surface area contributed by atoms with Gasteiger partial charge in [-0.05, 0) is 0 Å². The molecule has 0 saturated heterocycles. The zero-order valence-electron chi connectivity index (χ0n) is 7.16. The average Bonchev–Trinajstić information content (AvgIpc) is 2.14. The maximum Gasteiger partial charge on any atom is 3.00 e. The number of carbonyl (C=O) groups is 2. The van der Waals surface area contributed by atoms with E-state index >= 15 is 0 Å². The first kappa shape index (κ1) is 16.0. The molecule has 0 aliphatic carbocycles. The number of hydrogen-bond donors (Lipinski definition) is 4. The first-order valence-corrected chi connectivity index (χ1v) is 3.36. The zero-order valence-corrected chi connectivity index (χ0v) is 8.31. The van der Waals surface area contributed by atoms with E-state index in [1.807, 2.05) is 0 Å². The van der Waals surface area contributed by atoms with Crippen molar-refractivity contribution < 1.29 is 34.8 Å². The fourth-order valence-electron chi connectivity index (χ4n) is 0.384. The molecule has 76 valence electrons. The molecule has 0 fully saturated rings. The minimum Gasteiger partial charge on any atom is -0.393 e. The van der Waals surface area contributed by atoms with Gasteiger partial charge < -0.3 is 25.2 Å². The van der Waals surface area contributed by atoms with E-state index in [-0.39, 0.29) is 17.4 Å². The van der Waals surface area contributed by atoms with Crippen LogP contribution in [-0.4, -0.2) is 75.1 Å². The molecule has 8 heteroatoms. The predicted octanol–water partition coefficient (Wildman–Crippen LogP) is -3.62. The number of aliphatic hydroxyl groups excluding tert-OH is 4. The fraction of sp³-hybridized carbons (Fsp3) is 0.667. The van der Waals surface area contributed by atoms with E-state index in [1.54, 1.807) is 0 Å². The van der Waals surface area contributed by atoms with Crippen molar-refractivity contribution in [2.75, 3.05) is 13.2 Å². The zero-order chi connectivity index (χ0) is 10.4. The first-order valence-electron chi connectivity index (χ1n) is 3.36. The molecule has 0 saturated carbocycles. The van der Waals surface area contributed by atoms with Gasteiger partial charge in [-0.15, -0.1) is 0 Å². The third kappa shape index (κ3) is 5.29. The molecule has 7 nitrogen and oxygen atoms in total. The summed E-state index contributed by atoms with van der Waals surface area (Å²) in [7, 11) is 0. The van der Waals surface area contributed by atoms with E-state index < -0.39 is 37.4 Å². The summed E-state index contributed by atoms with van der Waals surface area (Å²) in [5.74, 6) is -2.75. The molecule has 0 amide bonds. The van der Waals surface area contributed by atoms with Crippen molar-refractivity contribution in [3.8, 4) is 0 Å². The van der Waals surface area contributed by atoms with Gasteiger partial charge in [0.25, 0.3) is 0 Å². The Kier molecular flexibility index (Phi) is 8.98. The van der Waals surface area contributed by atoms with Crippen LogP contribution in [0.25, 0.3) is 0 Å². The van der Waals surface area contributed by atoms with Gasteiger partial charge in [0.2, 0.25) is 0 Å². The van der Waals surface area contributed by atoms with Crippen LogP contribution in [0.4, 0.5) is 0 Å². The van der Waals surface area contributed by atoms with Crippen molar-refractivity contribution in [3.63, 3.8) is 0 Å². The Morgan fingerprint density at radius 3 is 1.50 bits per heavy atom. The largest absolute Gasteiger partial charge is 3.00 e. The van der Waals surface area contributed by atoms with Crippen molar-refractivity contribution in [3.05, 3.63) is 0 Å². The summed E-state index contributed by atoms with van der Waals surface area (Å²) < 4.78 is 3.86. The number of ether oxygens (including phenoxy) is 1. The Labute approximate surface area is 90.1 Å². The normalized spacial score (nSPS) is 13.7. The van der Waals surface area contributed by atoms with Gasteiger partial charge in [-0.1, -0.05) is 0 Å². The monoisotopic (exact) mass is 221 g/mol. The van der Waals surface area contributed by atoms with Gasteiger partial charge in [-0.2, -0.15) is 0 Å². The number of rotatable bonds is 4. The third-order valence-electron chi connectivity index (χ3n) is 1.09. The summed E-state index contributed by atoms with van der Waals surface area (Å²) in [4.78, 5) is 21.1. The van der Waals surface area contributed by atoms with Crippen LogP contribution in [-0.2, 0) is 14.3 Å². The number of carbonyl (C=O) groups excluding carboxylic acids is 2. The summed E-state index contributed by atoms with van der Waals surface area (Å²) in [5, 5.41) is 33.7. The number of hydrogen-bond acceptors (Lipinski definition) is 7. The molecule has 14 heavy (non-hydrogen) atoms. The number of esters is 2. The van der Waals surface area contributed by atoms with E-state index in [0.717, 1.165) is 0 Å². The molecule has 4 N–H and O–H groups in total. The van der Waals surface area contributed by atoms with Gasteiger partial charge in [-0.25, -0.2) is 9.59 Å². The minimum absolute atomic E-state index is 0. The summed E-state index contributed by atoms with van der Waals surface area (Å²) in [6.07, 6.45) is -3.65. The van der Waals surface area contributed by atoms with Crippen LogP contribution in [0, 0.1) is 0 Å². The smallest absolute Gasteiger partial charge is 0.393 e. The summed E-state index contributed by atoms with van der Waals surface area (Å²) in [6.45, 7) is -1.78. The molecule has 0 aromatic heterocycles. The van der Waals surface area contributed by atoms with Crippen LogP contribution >= 0.6 is 0 Å². The maximum atomic E-state index is 10.6. The van der Waals surface area contributed by atoms with Gasteiger partial charge in [0.05, 0.1) is 13.2 Å². The molecule has 0 bridgehead atoms. The van der Waals surface area contributed by atoms with Crippen LogP contribution in [0.3, 0.4) is 0 Å². The molecular formula is C6H10AlO7+3. The van der Waals surface area contributed by atoms with Crippen molar-refractivity contribution in [2.24, 2.45) is 0 Å². The third-order valence-corrected chi connectivity index (χ3v) is 1.09. The van der Waals surface area contributed by atoms with Crippen molar-refractivity contribution in [1.82, 2.24) is 0 Å². The van der Waals surface area contributed by atoms with Gasteiger partial charge >= 0.3 is 29.3 Å². The molecule has 0 heterocycles. The Balaban J connectivity index is 0. The van der Waals surface area contributed by atoms with Gasteiger partial charge in [0.1, 0.15) is 0 Å². The van der Waals surface area contributed by atoms with E-state index in [9.17, 15) is 9.59 Å². The molecule has 2 atom stereocenters. The second-order valence-corrected chi connectivity index (χ2v) is 2.14. The second-order valence-electron chi connectivity index (χ2n) is 2.14. The molecule has 0 aliphatic rings. The molecular weight excluding hydrogens is 211 g/mol. The topological polar surface area (TPSA) is 124 Å². The summed E-state index contributed by atoms with van der Waals surface area (Å²) >= 11 is 0. The number of aliphatic hydroxyl groups is 4. The molecule has 0 radical (unpaired) electrons. The fourth-order valence-corrected chi connectivity index (χ4v) is 0.384. The maximum absolute atomic E-state index is 10.6. The quantitative estimate of drug-likeness (QED) is 0.219. The Bertz CT molecular complexity index is 175. The van der Waals surface area contributed by atoms with Gasteiger partial charge in [-0.3, -0.25) is 0 Å². The van der Waals surface area contributed by atoms with Crippen LogP contribution in [0.15, 0.2) is 0 Å². The van der Waals surface area contributed by atoms with Gasteiger partial charge in [0.15, 0.2) is 12.2 Å². The summed E-state index contributed by atoms with van der Waals surface area (Å²) in [6, 6.07) is 0. The SMILES string of the molecule is O=C(OC(=O)C(O)CO)C(O)CO.[Al+3]. The second kappa shape index (κ2) is 7.87. The van der Waals surface area contributed by atoms with Crippen molar-refractivity contribution in [2.45, 2.75) is 12.2 Å². The molecule has 0 aliphatic heterocycles. The van der Waals surface area contributed by atoms with Gasteiger partial charge in [0, 0.05) is 0 Å². The van der Waals surface area contributed by atoms with Crippen molar-refractivity contribution in [1.29, 1.82) is 0 Å². The Morgan fingerprint density at radius 1 is 1.00 bits per heavy atom. The predicted molar refractivity (Wildman–Crippen MR) is 43.0 cm³/mol. The van der Waals surface area contributed by atoms with E-state index in [2.05, 4.69) is 4.74 Å². The Morgan fingerprint density at radius 2 is 1.29 bits per heavy atom. The summed E-state index contributed by atoms with van der Waals surface area (Å²) in [5.41, 5.74) is 0. The molecule has 0 aromatic rings. The standard InChI is InChI=1S/C6H10O7.Al/c7-1-3(9)5(11)13-6(12)4(10)2-8;/h3-4,7-10H,1-2H2;/q;+3. The van der Waals surface area contributed by atoms with Crippen LogP contribution in [0.1, 0.15) is 0 Å². The minimum atomic E-state index is -1.82. The average molecular weight is 221 g/mol. The van der Waals surface area contributed by atoms with E-state index in [1.165, 1.54) is 0 Å². The molecule has 0 rings (SSSR count). The van der Waals surface area contributed by atoms with Crippen LogP contribution < -0.4 is 0 Å². The molecule has 0 aromatic carbocycles. The molecule has 0 spiro atoms. The first-order chi connectivity index (χ1) is 6.02. The van der Waals surface area contributed by atoms with Crippen molar-refractivity contribution >= 4 is 29.3 Å². The Hall–Kier alpha value is -0.488. The van der Waals surface area contributed by atoms with Crippen LogP contribution in [0.2, 0.25) is 0 Å². The molecule has 2 unspecified atom stereocenters.